The molecule has 0 N–H and O–H groups in total. The van der Waals surface area contributed by atoms with E-state index in [1.54, 1.807) is 43.0 Å². The van der Waals surface area contributed by atoms with Gasteiger partial charge in [-0.25, -0.2) is 4.79 Å². The molecule has 0 aliphatic carbocycles. The molecule has 0 radical (unpaired) electrons. The number of esters is 1. The molecule has 5 aromatic rings. The number of halogens is 1. The quantitative estimate of drug-likeness (QED) is 0.116. The number of ketones is 1. The van der Waals surface area contributed by atoms with Crippen LogP contribution < -0.4 is 0 Å². The monoisotopic (exact) mass is 533 g/mol. The van der Waals surface area contributed by atoms with Gasteiger partial charge >= 0.3 is 5.97 Å². The van der Waals surface area contributed by atoms with E-state index >= 15 is 0 Å². The highest BCUT2D eigenvalue weighted by atomic mass is 35.5. The standard InChI is InChI=1S/C29H24ClNO3S2/c1-3-34-28(33)23-22-17-18(2)13-15-31(22)25-24(23)27(26(32)20-9-11-21(30)12-10-20)36-29(25)35-16-14-19-7-5-4-6-8-19/h4-13,15,17H,3,14,16H2,1-2H3. The van der Waals surface area contributed by atoms with Crippen LogP contribution in [0.4, 0.5) is 0 Å². The number of hydrogen-bond donors (Lipinski definition) is 0. The third kappa shape index (κ3) is 4.69. The maximum absolute atomic E-state index is 13.8. The van der Waals surface area contributed by atoms with E-state index < -0.39 is 5.97 Å². The van der Waals surface area contributed by atoms with Crippen LogP contribution in [-0.4, -0.2) is 28.5 Å². The highest BCUT2D eigenvalue weighted by Gasteiger charge is 2.29. The van der Waals surface area contributed by atoms with Crippen LogP contribution in [0.2, 0.25) is 5.02 Å². The van der Waals surface area contributed by atoms with Gasteiger partial charge < -0.3 is 9.14 Å². The van der Waals surface area contributed by atoms with Crippen molar-refractivity contribution >= 4 is 62.9 Å². The maximum atomic E-state index is 13.8. The lowest BCUT2D eigenvalue weighted by molar-refractivity contribution is 0.0531. The van der Waals surface area contributed by atoms with E-state index in [4.69, 9.17) is 16.3 Å². The highest BCUT2D eigenvalue weighted by Crippen LogP contribution is 2.44. The van der Waals surface area contributed by atoms with Crippen molar-refractivity contribution < 1.29 is 14.3 Å². The van der Waals surface area contributed by atoms with Gasteiger partial charge in [0.2, 0.25) is 5.78 Å². The van der Waals surface area contributed by atoms with E-state index in [0.717, 1.165) is 33.0 Å². The summed E-state index contributed by atoms with van der Waals surface area (Å²) in [5, 5.41) is 1.23. The molecule has 7 heteroatoms. The second-order valence-corrected chi connectivity index (χ2v) is 11.2. The molecule has 0 spiro atoms. The first kappa shape index (κ1) is 24.6. The van der Waals surface area contributed by atoms with Crippen molar-refractivity contribution in [1.29, 1.82) is 0 Å². The summed E-state index contributed by atoms with van der Waals surface area (Å²) in [7, 11) is 0. The highest BCUT2D eigenvalue weighted by molar-refractivity contribution is 8.01. The Morgan fingerprint density at radius 1 is 1.06 bits per heavy atom. The summed E-state index contributed by atoms with van der Waals surface area (Å²) in [6.45, 7) is 4.04. The summed E-state index contributed by atoms with van der Waals surface area (Å²) >= 11 is 9.22. The molecule has 0 amide bonds. The van der Waals surface area contributed by atoms with Crippen LogP contribution in [-0.2, 0) is 11.2 Å². The molecule has 0 aliphatic heterocycles. The van der Waals surface area contributed by atoms with Gasteiger partial charge in [-0.15, -0.1) is 23.1 Å². The van der Waals surface area contributed by atoms with Crippen molar-refractivity contribution in [2.45, 2.75) is 24.5 Å². The Bertz CT molecular complexity index is 1570. The summed E-state index contributed by atoms with van der Waals surface area (Å²) in [6.07, 6.45) is 2.87. The number of aryl methyl sites for hydroxylation is 2. The molecule has 2 aromatic carbocycles. The number of thiophene rings is 1. The molecule has 0 fully saturated rings. The number of benzene rings is 2. The second kappa shape index (κ2) is 10.5. The van der Waals surface area contributed by atoms with Crippen molar-refractivity contribution in [2.24, 2.45) is 0 Å². The van der Waals surface area contributed by atoms with Gasteiger partial charge in [0, 0.05) is 27.9 Å². The van der Waals surface area contributed by atoms with Crippen molar-refractivity contribution in [3.8, 4) is 0 Å². The van der Waals surface area contributed by atoms with Gasteiger partial charge in [-0.3, -0.25) is 4.79 Å². The number of fused-ring (bicyclic) bond motifs is 3. The van der Waals surface area contributed by atoms with Gasteiger partial charge in [0.25, 0.3) is 0 Å². The largest absolute Gasteiger partial charge is 0.462 e. The van der Waals surface area contributed by atoms with Crippen molar-refractivity contribution in [2.75, 3.05) is 12.4 Å². The smallest absolute Gasteiger partial charge is 0.341 e. The van der Waals surface area contributed by atoms with Crippen LogP contribution in [0.15, 0.2) is 77.1 Å². The molecular formula is C29H24ClNO3S2. The molecule has 5 rings (SSSR count). The van der Waals surface area contributed by atoms with E-state index in [0.29, 0.717) is 26.4 Å². The number of aromatic nitrogens is 1. The third-order valence-electron chi connectivity index (χ3n) is 5.97. The van der Waals surface area contributed by atoms with Gasteiger partial charge in [0.15, 0.2) is 0 Å². The first-order chi connectivity index (χ1) is 17.5. The fraction of sp³-hybridized carbons (Fsp3) is 0.172. The molecule has 0 bridgehead atoms. The van der Waals surface area contributed by atoms with Crippen LogP contribution >= 0.6 is 34.7 Å². The molecule has 182 valence electrons. The van der Waals surface area contributed by atoms with Crippen molar-refractivity contribution in [3.63, 3.8) is 0 Å². The Hall–Kier alpha value is -3.06. The Morgan fingerprint density at radius 2 is 1.81 bits per heavy atom. The van der Waals surface area contributed by atoms with Crippen molar-refractivity contribution in [3.05, 3.63) is 105 Å². The lowest BCUT2D eigenvalue weighted by Crippen LogP contribution is -2.06. The Kier molecular flexibility index (Phi) is 7.19. The van der Waals surface area contributed by atoms with Gasteiger partial charge in [0.1, 0.15) is 0 Å². The number of pyridine rings is 1. The number of carbonyl (C=O) groups is 2. The SMILES string of the molecule is CCOC(=O)c1c2c(C(=O)c3ccc(Cl)cc3)sc(SCCc3ccccc3)c2n2ccc(C)cc12. The van der Waals surface area contributed by atoms with E-state index in [1.165, 1.54) is 16.9 Å². The fourth-order valence-electron chi connectivity index (χ4n) is 4.28. The number of hydrogen-bond acceptors (Lipinski definition) is 5. The number of thioether (sulfide) groups is 1. The average Bonchev–Trinajstić information content (AvgIpc) is 3.40. The normalized spacial score (nSPS) is 11.3. The van der Waals surface area contributed by atoms with Crippen LogP contribution in [0.5, 0.6) is 0 Å². The zero-order valence-corrected chi connectivity index (χ0v) is 22.3. The molecule has 0 aliphatic rings. The average molecular weight is 534 g/mol. The summed E-state index contributed by atoms with van der Waals surface area (Å²) < 4.78 is 8.49. The Balaban J connectivity index is 1.69. The van der Waals surface area contributed by atoms with Crippen LogP contribution in [0, 0.1) is 6.92 Å². The first-order valence-electron chi connectivity index (χ1n) is 11.7. The molecule has 0 unspecified atom stereocenters. The zero-order valence-electron chi connectivity index (χ0n) is 19.9. The van der Waals surface area contributed by atoms with Gasteiger partial charge in [-0.05, 0) is 67.8 Å². The minimum Gasteiger partial charge on any atom is -0.462 e. The molecule has 0 saturated carbocycles. The van der Waals surface area contributed by atoms with E-state index in [-0.39, 0.29) is 12.4 Å². The van der Waals surface area contributed by atoms with E-state index in [2.05, 4.69) is 12.1 Å². The van der Waals surface area contributed by atoms with E-state index in [1.807, 2.05) is 47.9 Å². The molecular weight excluding hydrogens is 510 g/mol. The number of nitrogens with zero attached hydrogens (tertiary/aromatic N) is 1. The Morgan fingerprint density at radius 3 is 2.53 bits per heavy atom. The Labute approximate surface area is 222 Å². The fourth-order valence-corrected chi connectivity index (χ4v) is 7.00. The predicted octanol–water partition coefficient (Wildman–Crippen LogP) is 7.86. The minimum absolute atomic E-state index is 0.130. The van der Waals surface area contributed by atoms with Gasteiger partial charge in [0.05, 0.1) is 32.3 Å². The molecule has 4 nitrogen and oxygen atoms in total. The first-order valence-corrected chi connectivity index (χ1v) is 13.9. The zero-order chi connectivity index (χ0) is 25.2. The molecule has 0 saturated heterocycles. The van der Waals surface area contributed by atoms with Crippen LogP contribution in [0.1, 0.15) is 43.6 Å². The summed E-state index contributed by atoms with van der Waals surface area (Å²) in [5.41, 5.74) is 4.90. The number of carbonyl (C=O) groups excluding carboxylic acids is 2. The molecule has 0 atom stereocenters. The third-order valence-corrected chi connectivity index (χ3v) is 8.66. The lowest BCUT2D eigenvalue weighted by Gasteiger charge is -2.05. The summed E-state index contributed by atoms with van der Waals surface area (Å²) in [4.78, 5) is 27.5. The number of rotatable bonds is 8. The molecule has 36 heavy (non-hydrogen) atoms. The topological polar surface area (TPSA) is 47.8 Å². The maximum Gasteiger partial charge on any atom is 0.341 e. The minimum atomic E-state index is -0.417. The van der Waals surface area contributed by atoms with Crippen molar-refractivity contribution in [1.82, 2.24) is 4.40 Å². The molecule has 3 aromatic heterocycles. The second-order valence-electron chi connectivity index (χ2n) is 8.42. The molecule has 3 heterocycles. The summed E-state index contributed by atoms with van der Waals surface area (Å²) in [5.74, 6) is 0.302. The van der Waals surface area contributed by atoms with Gasteiger partial charge in [-0.2, -0.15) is 0 Å². The number of ether oxygens (including phenoxy) is 1. The summed E-state index contributed by atoms with van der Waals surface area (Å²) in [6, 6.07) is 21.2. The predicted molar refractivity (Wildman–Crippen MR) is 149 cm³/mol. The lowest BCUT2D eigenvalue weighted by atomic mass is 10.1. The van der Waals surface area contributed by atoms with Crippen LogP contribution in [0.3, 0.4) is 0 Å². The van der Waals surface area contributed by atoms with Crippen LogP contribution in [0.25, 0.3) is 16.4 Å². The van der Waals surface area contributed by atoms with E-state index in [9.17, 15) is 9.59 Å². The van der Waals surface area contributed by atoms with Gasteiger partial charge in [-0.1, -0.05) is 41.9 Å².